The molecule has 1 aliphatic carbocycles. The SMILES string of the molecule is NC1C=CC=CC1(N)c1cccc(F)c1. The average Bonchev–Trinajstić information content (AvgIpc) is 2.23. The lowest BCUT2D eigenvalue weighted by Crippen LogP contribution is -2.51. The van der Waals surface area contributed by atoms with E-state index in [9.17, 15) is 4.39 Å². The van der Waals surface area contributed by atoms with Gasteiger partial charge in [0.25, 0.3) is 0 Å². The quantitative estimate of drug-likeness (QED) is 0.727. The lowest BCUT2D eigenvalue weighted by molar-refractivity contribution is 0.488. The van der Waals surface area contributed by atoms with Crippen molar-refractivity contribution < 1.29 is 4.39 Å². The first-order valence-corrected chi connectivity index (χ1v) is 4.79. The number of rotatable bonds is 1. The van der Waals surface area contributed by atoms with Gasteiger partial charge in [-0.2, -0.15) is 0 Å². The summed E-state index contributed by atoms with van der Waals surface area (Å²) >= 11 is 0. The summed E-state index contributed by atoms with van der Waals surface area (Å²) in [7, 11) is 0. The first-order valence-electron chi connectivity index (χ1n) is 4.79. The molecule has 0 saturated carbocycles. The Balaban J connectivity index is 2.45. The molecule has 3 heteroatoms. The van der Waals surface area contributed by atoms with E-state index in [4.69, 9.17) is 11.5 Å². The highest BCUT2D eigenvalue weighted by Gasteiger charge is 2.31. The smallest absolute Gasteiger partial charge is 0.123 e. The molecule has 4 N–H and O–H groups in total. The Morgan fingerprint density at radius 1 is 1.27 bits per heavy atom. The van der Waals surface area contributed by atoms with Crippen molar-refractivity contribution in [2.75, 3.05) is 0 Å². The first kappa shape index (κ1) is 10.1. The van der Waals surface area contributed by atoms with Crippen LogP contribution in [0.5, 0.6) is 0 Å². The summed E-state index contributed by atoms with van der Waals surface area (Å²) in [4.78, 5) is 0. The van der Waals surface area contributed by atoms with Gasteiger partial charge in [0.15, 0.2) is 0 Å². The number of halogens is 1. The molecule has 0 spiro atoms. The Hall–Kier alpha value is -1.45. The molecule has 78 valence electrons. The van der Waals surface area contributed by atoms with Gasteiger partial charge in [-0.15, -0.1) is 0 Å². The summed E-state index contributed by atoms with van der Waals surface area (Å²) in [5.74, 6) is -0.299. The van der Waals surface area contributed by atoms with Gasteiger partial charge < -0.3 is 11.5 Å². The monoisotopic (exact) mass is 204 g/mol. The predicted molar refractivity (Wildman–Crippen MR) is 58.5 cm³/mol. The Bertz CT molecular complexity index is 425. The molecule has 2 unspecified atom stereocenters. The van der Waals surface area contributed by atoms with Gasteiger partial charge in [-0.05, 0) is 17.7 Å². The van der Waals surface area contributed by atoms with E-state index in [1.54, 1.807) is 18.2 Å². The maximum Gasteiger partial charge on any atom is 0.123 e. The Morgan fingerprint density at radius 2 is 2.07 bits per heavy atom. The molecular weight excluding hydrogens is 191 g/mol. The van der Waals surface area contributed by atoms with E-state index in [2.05, 4.69) is 0 Å². The fraction of sp³-hybridized carbons (Fsp3) is 0.167. The van der Waals surface area contributed by atoms with Crippen LogP contribution in [-0.2, 0) is 5.54 Å². The standard InChI is InChI=1S/C12H13FN2/c13-10-5-3-4-9(8-10)12(15)7-2-1-6-11(12)14/h1-8,11H,14-15H2. The van der Waals surface area contributed by atoms with Crippen LogP contribution in [-0.4, -0.2) is 6.04 Å². The molecule has 1 aliphatic rings. The Labute approximate surface area is 88.1 Å². The zero-order valence-electron chi connectivity index (χ0n) is 8.23. The van der Waals surface area contributed by atoms with Gasteiger partial charge in [0.2, 0.25) is 0 Å². The van der Waals surface area contributed by atoms with Gasteiger partial charge in [0.05, 0.1) is 5.54 Å². The van der Waals surface area contributed by atoms with Crippen LogP contribution in [0.3, 0.4) is 0 Å². The van der Waals surface area contributed by atoms with Crippen molar-refractivity contribution in [3.05, 3.63) is 60.0 Å². The Kier molecular flexibility index (Phi) is 2.42. The van der Waals surface area contributed by atoms with Crippen LogP contribution in [0.1, 0.15) is 5.56 Å². The molecule has 0 radical (unpaired) electrons. The van der Waals surface area contributed by atoms with Crippen molar-refractivity contribution >= 4 is 0 Å². The van der Waals surface area contributed by atoms with Crippen LogP contribution in [0, 0.1) is 5.82 Å². The van der Waals surface area contributed by atoms with Crippen LogP contribution >= 0.6 is 0 Å². The summed E-state index contributed by atoms with van der Waals surface area (Å²) in [5.41, 5.74) is 12.0. The molecule has 2 atom stereocenters. The minimum absolute atomic E-state index is 0.299. The van der Waals surface area contributed by atoms with E-state index < -0.39 is 5.54 Å². The Morgan fingerprint density at radius 3 is 2.73 bits per heavy atom. The molecular formula is C12H13FN2. The highest BCUT2D eigenvalue weighted by atomic mass is 19.1. The van der Waals surface area contributed by atoms with Crippen molar-refractivity contribution in [3.8, 4) is 0 Å². The molecule has 0 aliphatic heterocycles. The lowest BCUT2D eigenvalue weighted by Gasteiger charge is -2.33. The number of benzene rings is 1. The summed E-state index contributed by atoms with van der Waals surface area (Å²) in [6, 6.07) is 5.90. The van der Waals surface area contributed by atoms with Crippen LogP contribution in [0.25, 0.3) is 0 Å². The minimum Gasteiger partial charge on any atom is -0.322 e. The molecule has 2 rings (SSSR count). The highest BCUT2D eigenvalue weighted by Crippen LogP contribution is 2.26. The normalized spacial score (nSPS) is 29.4. The van der Waals surface area contributed by atoms with Crippen molar-refractivity contribution in [2.24, 2.45) is 11.5 Å². The second kappa shape index (κ2) is 3.61. The van der Waals surface area contributed by atoms with E-state index in [1.165, 1.54) is 12.1 Å². The summed E-state index contributed by atoms with van der Waals surface area (Å²) in [6.07, 6.45) is 7.28. The number of hydrogen-bond acceptors (Lipinski definition) is 2. The second-order valence-corrected chi connectivity index (χ2v) is 3.71. The highest BCUT2D eigenvalue weighted by molar-refractivity contribution is 5.38. The van der Waals surface area contributed by atoms with Gasteiger partial charge >= 0.3 is 0 Å². The van der Waals surface area contributed by atoms with Gasteiger partial charge in [-0.1, -0.05) is 36.4 Å². The lowest BCUT2D eigenvalue weighted by atomic mass is 9.81. The van der Waals surface area contributed by atoms with Gasteiger partial charge in [-0.3, -0.25) is 0 Å². The van der Waals surface area contributed by atoms with Gasteiger partial charge in [-0.25, -0.2) is 4.39 Å². The van der Waals surface area contributed by atoms with Crippen molar-refractivity contribution in [1.82, 2.24) is 0 Å². The fourth-order valence-corrected chi connectivity index (χ4v) is 1.72. The minimum atomic E-state index is -0.809. The molecule has 0 fully saturated rings. The fourth-order valence-electron chi connectivity index (χ4n) is 1.72. The third kappa shape index (κ3) is 1.71. The van der Waals surface area contributed by atoms with E-state index in [0.717, 1.165) is 0 Å². The average molecular weight is 204 g/mol. The molecule has 0 amide bonds. The van der Waals surface area contributed by atoms with Gasteiger partial charge in [0.1, 0.15) is 5.82 Å². The molecule has 15 heavy (non-hydrogen) atoms. The van der Waals surface area contributed by atoms with E-state index in [0.29, 0.717) is 5.56 Å². The van der Waals surface area contributed by atoms with Gasteiger partial charge in [0, 0.05) is 6.04 Å². The van der Waals surface area contributed by atoms with Crippen molar-refractivity contribution in [3.63, 3.8) is 0 Å². The largest absolute Gasteiger partial charge is 0.322 e. The summed E-state index contributed by atoms with van der Waals surface area (Å²) in [5, 5.41) is 0. The molecule has 2 nitrogen and oxygen atoms in total. The molecule has 1 aromatic carbocycles. The van der Waals surface area contributed by atoms with Crippen molar-refractivity contribution in [2.45, 2.75) is 11.6 Å². The second-order valence-electron chi connectivity index (χ2n) is 3.71. The first-order chi connectivity index (χ1) is 7.13. The van der Waals surface area contributed by atoms with E-state index in [-0.39, 0.29) is 11.9 Å². The number of hydrogen-bond donors (Lipinski definition) is 2. The topological polar surface area (TPSA) is 52.0 Å². The summed E-state index contributed by atoms with van der Waals surface area (Å²) < 4.78 is 13.1. The number of nitrogens with two attached hydrogens (primary N) is 2. The van der Waals surface area contributed by atoms with Crippen LogP contribution < -0.4 is 11.5 Å². The van der Waals surface area contributed by atoms with E-state index >= 15 is 0 Å². The van der Waals surface area contributed by atoms with Crippen LogP contribution in [0.2, 0.25) is 0 Å². The third-order valence-corrected chi connectivity index (χ3v) is 2.68. The zero-order chi connectivity index (χ0) is 10.9. The third-order valence-electron chi connectivity index (χ3n) is 2.68. The van der Waals surface area contributed by atoms with Crippen molar-refractivity contribution in [1.29, 1.82) is 0 Å². The predicted octanol–water partition coefficient (Wildman–Crippen LogP) is 1.43. The summed E-state index contributed by atoms with van der Waals surface area (Å²) in [6.45, 7) is 0. The maximum atomic E-state index is 13.1. The zero-order valence-corrected chi connectivity index (χ0v) is 8.23. The molecule has 0 heterocycles. The molecule has 1 aromatic rings. The molecule has 0 aromatic heterocycles. The molecule has 0 saturated heterocycles. The van der Waals surface area contributed by atoms with E-state index in [1.807, 2.05) is 18.2 Å². The number of allylic oxidation sites excluding steroid dienone is 2. The van der Waals surface area contributed by atoms with Crippen LogP contribution in [0.15, 0.2) is 48.6 Å². The van der Waals surface area contributed by atoms with Crippen LogP contribution in [0.4, 0.5) is 4.39 Å². The maximum absolute atomic E-state index is 13.1. The molecule has 0 bridgehead atoms.